The first-order chi connectivity index (χ1) is 9.81. The van der Waals surface area contributed by atoms with Gasteiger partial charge in [0, 0.05) is 32.9 Å². The molecule has 0 atom stereocenters. The second-order valence-corrected chi connectivity index (χ2v) is 4.52. The van der Waals surface area contributed by atoms with E-state index in [-0.39, 0.29) is 0 Å². The van der Waals surface area contributed by atoms with Gasteiger partial charge in [-0.15, -0.1) is 0 Å². The lowest BCUT2D eigenvalue weighted by atomic mass is 10.1. The lowest BCUT2D eigenvalue weighted by Gasteiger charge is -2.03. The van der Waals surface area contributed by atoms with Gasteiger partial charge in [-0.2, -0.15) is 5.26 Å². The van der Waals surface area contributed by atoms with Crippen molar-refractivity contribution in [1.82, 2.24) is 14.9 Å². The van der Waals surface area contributed by atoms with E-state index in [1.54, 1.807) is 7.11 Å². The van der Waals surface area contributed by atoms with Crippen LogP contribution in [0.25, 0.3) is 0 Å². The van der Waals surface area contributed by atoms with Crippen LogP contribution in [0.3, 0.4) is 0 Å². The minimum atomic E-state index is 0.684. The van der Waals surface area contributed by atoms with E-state index in [0.29, 0.717) is 12.2 Å². The van der Waals surface area contributed by atoms with Crippen LogP contribution in [0.15, 0.2) is 36.8 Å². The van der Waals surface area contributed by atoms with E-state index < -0.39 is 0 Å². The van der Waals surface area contributed by atoms with Crippen LogP contribution in [0.4, 0.5) is 0 Å². The predicted molar refractivity (Wildman–Crippen MR) is 76.1 cm³/mol. The zero-order chi connectivity index (χ0) is 14.2. The third-order valence-corrected chi connectivity index (χ3v) is 2.90. The molecule has 2 aromatic rings. The Kier molecular flexibility index (Phi) is 5.30. The van der Waals surface area contributed by atoms with Crippen LogP contribution in [-0.2, 0) is 17.8 Å². The molecule has 0 aliphatic rings. The predicted octanol–water partition coefficient (Wildman–Crippen LogP) is 1.54. The van der Waals surface area contributed by atoms with Crippen LogP contribution in [0.5, 0.6) is 0 Å². The van der Waals surface area contributed by atoms with E-state index in [4.69, 9.17) is 10.00 Å². The molecule has 0 saturated heterocycles. The number of nitrogens with one attached hydrogen (secondary N) is 1. The number of hydrogen-bond donors (Lipinski definition) is 1. The average molecular weight is 270 g/mol. The smallest absolute Gasteiger partial charge is 0.0991 e. The zero-order valence-corrected chi connectivity index (χ0v) is 11.5. The molecular formula is C15H18N4O. The summed E-state index contributed by atoms with van der Waals surface area (Å²) in [7, 11) is 1.69. The maximum Gasteiger partial charge on any atom is 0.0991 e. The van der Waals surface area contributed by atoms with Gasteiger partial charge in [-0.05, 0) is 17.7 Å². The number of nitrogens with zero attached hydrogens (tertiary/aromatic N) is 3. The largest absolute Gasteiger partial charge is 0.383 e. The van der Waals surface area contributed by atoms with Crippen molar-refractivity contribution >= 4 is 0 Å². The summed E-state index contributed by atoms with van der Waals surface area (Å²) in [6.45, 7) is 2.96. The van der Waals surface area contributed by atoms with Crippen molar-refractivity contribution in [2.24, 2.45) is 0 Å². The summed E-state index contributed by atoms with van der Waals surface area (Å²) < 4.78 is 6.99. The van der Waals surface area contributed by atoms with Crippen molar-refractivity contribution in [3.63, 3.8) is 0 Å². The van der Waals surface area contributed by atoms with E-state index in [0.717, 1.165) is 30.9 Å². The number of benzene rings is 1. The summed E-state index contributed by atoms with van der Waals surface area (Å²) in [6, 6.07) is 9.77. The van der Waals surface area contributed by atoms with Crippen molar-refractivity contribution in [3.8, 4) is 6.07 Å². The molecule has 0 aliphatic carbocycles. The van der Waals surface area contributed by atoms with Gasteiger partial charge in [0.05, 0.1) is 30.3 Å². The fraction of sp³-hybridized carbons (Fsp3) is 0.333. The average Bonchev–Trinajstić information content (AvgIpc) is 2.91. The molecule has 0 radical (unpaired) electrons. The lowest BCUT2D eigenvalue weighted by molar-refractivity contribution is 0.199. The quantitative estimate of drug-likeness (QED) is 0.775. The van der Waals surface area contributed by atoms with Gasteiger partial charge < -0.3 is 14.6 Å². The molecule has 0 amide bonds. The third kappa shape index (κ3) is 4.19. The lowest BCUT2D eigenvalue weighted by Crippen LogP contribution is -2.18. The first-order valence-electron chi connectivity index (χ1n) is 6.51. The fourth-order valence-corrected chi connectivity index (χ4v) is 1.92. The van der Waals surface area contributed by atoms with Gasteiger partial charge in [-0.3, -0.25) is 0 Å². The normalized spacial score (nSPS) is 10.4. The van der Waals surface area contributed by atoms with Crippen molar-refractivity contribution in [2.75, 3.05) is 20.3 Å². The van der Waals surface area contributed by atoms with Gasteiger partial charge in [0.15, 0.2) is 0 Å². The Labute approximate surface area is 118 Å². The number of aromatic nitrogens is 2. The summed E-state index contributed by atoms with van der Waals surface area (Å²) >= 11 is 0. The number of ether oxygens (including phenoxy) is 1. The van der Waals surface area contributed by atoms with Crippen molar-refractivity contribution < 1.29 is 4.74 Å². The van der Waals surface area contributed by atoms with Crippen molar-refractivity contribution in [1.29, 1.82) is 5.26 Å². The summed E-state index contributed by atoms with van der Waals surface area (Å²) in [6.07, 6.45) is 3.82. The fourth-order valence-electron chi connectivity index (χ4n) is 1.92. The van der Waals surface area contributed by atoms with Crippen LogP contribution < -0.4 is 5.32 Å². The molecule has 0 bridgehead atoms. The van der Waals surface area contributed by atoms with Gasteiger partial charge in [0.25, 0.3) is 0 Å². The Morgan fingerprint density at radius 2 is 2.35 bits per heavy atom. The Hall–Kier alpha value is -2.16. The number of nitriles is 1. The maximum absolute atomic E-state index is 8.89. The first kappa shape index (κ1) is 14.3. The summed E-state index contributed by atoms with van der Waals surface area (Å²) in [5, 5.41) is 12.1. The minimum absolute atomic E-state index is 0.684. The van der Waals surface area contributed by atoms with Crippen molar-refractivity contribution in [2.45, 2.75) is 13.1 Å². The molecule has 5 heteroatoms. The number of rotatable bonds is 7. The third-order valence-electron chi connectivity index (χ3n) is 2.90. The van der Waals surface area contributed by atoms with E-state index in [1.807, 2.05) is 41.4 Å². The molecule has 0 saturated carbocycles. The Bertz CT molecular complexity index is 586. The zero-order valence-electron chi connectivity index (χ0n) is 11.5. The van der Waals surface area contributed by atoms with E-state index in [2.05, 4.69) is 16.4 Å². The van der Waals surface area contributed by atoms with Crippen LogP contribution >= 0.6 is 0 Å². The SMILES string of the molecule is COCCNCc1cn(Cc2cccc(C#N)c2)cn1. The monoisotopic (exact) mass is 270 g/mol. The number of hydrogen-bond acceptors (Lipinski definition) is 4. The molecule has 0 fully saturated rings. The first-order valence-corrected chi connectivity index (χ1v) is 6.51. The highest BCUT2D eigenvalue weighted by molar-refractivity contribution is 5.32. The van der Waals surface area contributed by atoms with Gasteiger partial charge in [0.1, 0.15) is 0 Å². The molecule has 0 spiro atoms. The Morgan fingerprint density at radius 1 is 1.45 bits per heavy atom. The van der Waals surface area contributed by atoms with E-state index in [1.165, 1.54) is 0 Å². The highest BCUT2D eigenvalue weighted by Crippen LogP contribution is 2.07. The molecule has 1 heterocycles. The highest BCUT2D eigenvalue weighted by Gasteiger charge is 2.00. The molecule has 2 rings (SSSR count). The van der Waals surface area contributed by atoms with E-state index in [9.17, 15) is 0 Å². The van der Waals surface area contributed by atoms with Crippen LogP contribution in [0.2, 0.25) is 0 Å². The molecule has 104 valence electrons. The van der Waals surface area contributed by atoms with E-state index >= 15 is 0 Å². The standard InChI is InChI=1S/C15H18N4O/c1-20-6-5-17-9-15-11-19(12-18-15)10-14-4-2-3-13(7-14)8-16/h2-4,7,11-12,17H,5-6,9-10H2,1H3. The van der Waals surface area contributed by atoms with Gasteiger partial charge in [0.2, 0.25) is 0 Å². The maximum atomic E-state index is 8.89. The number of methoxy groups -OCH3 is 1. The molecule has 1 N–H and O–H groups in total. The van der Waals surface area contributed by atoms with Crippen molar-refractivity contribution in [3.05, 3.63) is 53.6 Å². The molecule has 1 aromatic carbocycles. The van der Waals surface area contributed by atoms with Gasteiger partial charge >= 0.3 is 0 Å². The Morgan fingerprint density at radius 3 is 3.15 bits per heavy atom. The number of imidazole rings is 1. The second-order valence-electron chi connectivity index (χ2n) is 4.52. The van der Waals surface area contributed by atoms with Crippen LogP contribution in [0, 0.1) is 11.3 Å². The topological polar surface area (TPSA) is 62.9 Å². The Balaban J connectivity index is 1.90. The van der Waals surface area contributed by atoms with Crippen LogP contribution in [0.1, 0.15) is 16.8 Å². The molecule has 1 aromatic heterocycles. The molecular weight excluding hydrogens is 252 g/mol. The van der Waals surface area contributed by atoms with Crippen LogP contribution in [-0.4, -0.2) is 29.8 Å². The van der Waals surface area contributed by atoms with Gasteiger partial charge in [-0.1, -0.05) is 12.1 Å². The minimum Gasteiger partial charge on any atom is -0.383 e. The summed E-state index contributed by atoms with van der Waals surface area (Å²) in [5.41, 5.74) is 2.78. The summed E-state index contributed by atoms with van der Waals surface area (Å²) in [4.78, 5) is 4.35. The molecule has 5 nitrogen and oxygen atoms in total. The second kappa shape index (κ2) is 7.43. The summed E-state index contributed by atoms with van der Waals surface area (Å²) in [5.74, 6) is 0. The molecule has 20 heavy (non-hydrogen) atoms. The molecule has 0 unspecified atom stereocenters. The highest BCUT2D eigenvalue weighted by atomic mass is 16.5. The van der Waals surface area contributed by atoms with Gasteiger partial charge in [-0.25, -0.2) is 4.98 Å². The molecule has 0 aliphatic heterocycles.